The first-order valence-corrected chi connectivity index (χ1v) is 7.04. The minimum absolute atomic E-state index is 0.576. The second-order valence-electron chi connectivity index (χ2n) is 3.56. The van der Waals surface area contributed by atoms with Crippen LogP contribution >= 0.6 is 45.5 Å². The first kappa shape index (κ1) is 12.4. The number of hydrogen-bond acceptors (Lipinski definition) is 2. The summed E-state index contributed by atoms with van der Waals surface area (Å²) in [6, 6.07) is 9.79. The second kappa shape index (κ2) is 5.04. The van der Waals surface area contributed by atoms with Gasteiger partial charge in [-0.05, 0) is 58.8 Å². The largest absolute Gasteiger partial charge is 0.383 e. The summed E-state index contributed by atoms with van der Waals surface area (Å²) in [4.78, 5) is 0.892. The Kier molecular flexibility index (Phi) is 3.89. The molecular weight excluding hydrogens is 355 g/mol. The van der Waals surface area contributed by atoms with E-state index in [0.29, 0.717) is 0 Å². The van der Waals surface area contributed by atoms with Crippen molar-refractivity contribution in [2.24, 2.45) is 0 Å². The lowest BCUT2D eigenvalue weighted by atomic mass is 10.1. The number of aliphatic hydroxyl groups excluding tert-OH is 1. The SMILES string of the molecule is Cc1cc(C(O)c2ccc(I)cc2)sc1Cl. The molecule has 1 atom stereocenters. The standard InChI is InChI=1S/C12H10ClIOS/c1-7-6-10(16-12(7)13)11(15)8-2-4-9(14)5-3-8/h2-6,11,15H,1H3. The third-order valence-corrected chi connectivity index (χ3v) is 4.66. The van der Waals surface area contributed by atoms with Gasteiger partial charge in [-0.2, -0.15) is 0 Å². The number of aliphatic hydroxyl groups is 1. The van der Waals surface area contributed by atoms with Crippen LogP contribution in [0.3, 0.4) is 0 Å². The fourth-order valence-corrected chi connectivity index (χ4v) is 3.02. The number of thiophene rings is 1. The van der Waals surface area contributed by atoms with E-state index in [9.17, 15) is 5.11 Å². The molecule has 0 aliphatic heterocycles. The van der Waals surface area contributed by atoms with Gasteiger partial charge in [-0.15, -0.1) is 11.3 Å². The van der Waals surface area contributed by atoms with E-state index >= 15 is 0 Å². The Hall–Kier alpha value is -0.100. The summed E-state index contributed by atoms with van der Waals surface area (Å²) < 4.78 is 1.91. The van der Waals surface area contributed by atoms with Crippen molar-refractivity contribution in [3.63, 3.8) is 0 Å². The van der Waals surface area contributed by atoms with Gasteiger partial charge in [-0.3, -0.25) is 0 Å². The molecule has 1 unspecified atom stereocenters. The van der Waals surface area contributed by atoms with E-state index in [1.165, 1.54) is 11.3 Å². The third-order valence-electron chi connectivity index (χ3n) is 2.33. The molecule has 1 nitrogen and oxygen atoms in total. The molecule has 4 heteroatoms. The van der Waals surface area contributed by atoms with E-state index in [1.807, 2.05) is 37.3 Å². The molecule has 0 saturated carbocycles. The summed E-state index contributed by atoms with van der Waals surface area (Å²) in [6.45, 7) is 1.95. The van der Waals surface area contributed by atoms with Crippen LogP contribution in [0.5, 0.6) is 0 Å². The van der Waals surface area contributed by atoms with Gasteiger partial charge in [0.1, 0.15) is 6.10 Å². The molecular formula is C12H10ClIOS. The number of aryl methyl sites for hydroxylation is 1. The summed E-state index contributed by atoms with van der Waals surface area (Å²) in [5.74, 6) is 0. The van der Waals surface area contributed by atoms with Crippen LogP contribution in [0.25, 0.3) is 0 Å². The Morgan fingerprint density at radius 2 is 1.94 bits per heavy atom. The molecule has 0 aliphatic rings. The van der Waals surface area contributed by atoms with Gasteiger partial charge in [0.2, 0.25) is 0 Å². The molecule has 84 valence electrons. The van der Waals surface area contributed by atoms with Crippen LogP contribution in [-0.2, 0) is 0 Å². The van der Waals surface area contributed by atoms with Crippen molar-refractivity contribution < 1.29 is 5.11 Å². The zero-order chi connectivity index (χ0) is 11.7. The third kappa shape index (κ3) is 2.59. The zero-order valence-electron chi connectivity index (χ0n) is 8.58. The van der Waals surface area contributed by atoms with Crippen LogP contribution < -0.4 is 0 Å². The Morgan fingerprint density at radius 1 is 1.31 bits per heavy atom. The molecule has 1 aromatic carbocycles. The minimum atomic E-state index is -0.576. The predicted octanol–water partition coefficient (Wildman–Crippen LogP) is 4.40. The van der Waals surface area contributed by atoms with Gasteiger partial charge in [0, 0.05) is 8.45 Å². The van der Waals surface area contributed by atoms with E-state index < -0.39 is 6.10 Å². The molecule has 16 heavy (non-hydrogen) atoms. The Bertz CT molecular complexity index is 473. The molecule has 0 spiro atoms. The molecule has 0 amide bonds. The highest BCUT2D eigenvalue weighted by molar-refractivity contribution is 14.1. The minimum Gasteiger partial charge on any atom is -0.383 e. The van der Waals surface area contributed by atoms with E-state index in [2.05, 4.69) is 22.6 Å². The summed E-state index contributed by atoms with van der Waals surface area (Å²) in [5, 5.41) is 10.2. The molecule has 0 fully saturated rings. The summed E-state index contributed by atoms with van der Waals surface area (Å²) in [6.07, 6.45) is -0.576. The Morgan fingerprint density at radius 3 is 2.44 bits per heavy atom. The van der Waals surface area contributed by atoms with Gasteiger partial charge in [0.15, 0.2) is 0 Å². The highest BCUT2D eigenvalue weighted by atomic mass is 127. The van der Waals surface area contributed by atoms with E-state index in [4.69, 9.17) is 11.6 Å². The van der Waals surface area contributed by atoms with Gasteiger partial charge < -0.3 is 5.11 Å². The number of hydrogen-bond donors (Lipinski definition) is 1. The van der Waals surface area contributed by atoms with Gasteiger partial charge >= 0.3 is 0 Å². The fraction of sp³-hybridized carbons (Fsp3) is 0.167. The van der Waals surface area contributed by atoms with E-state index in [1.54, 1.807) is 0 Å². The van der Waals surface area contributed by atoms with Crippen LogP contribution in [0.4, 0.5) is 0 Å². The van der Waals surface area contributed by atoms with Gasteiger partial charge in [0.05, 0.1) is 4.34 Å². The summed E-state index contributed by atoms with van der Waals surface area (Å²) in [5.41, 5.74) is 1.92. The monoisotopic (exact) mass is 364 g/mol. The predicted molar refractivity (Wildman–Crippen MR) is 77.3 cm³/mol. The lowest BCUT2D eigenvalue weighted by Gasteiger charge is -2.08. The van der Waals surface area contributed by atoms with Crippen molar-refractivity contribution in [1.82, 2.24) is 0 Å². The second-order valence-corrected chi connectivity index (χ2v) is 6.49. The highest BCUT2D eigenvalue weighted by Gasteiger charge is 2.14. The summed E-state index contributed by atoms with van der Waals surface area (Å²) >= 11 is 9.67. The maximum atomic E-state index is 10.2. The number of benzene rings is 1. The fourth-order valence-electron chi connectivity index (χ4n) is 1.43. The molecule has 0 bridgehead atoms. The molecule has 2 rings (SSSR count). The molecule has 0 radical (unpaired) electrons. The Balaban J connectivity index is 2.31. The molecule has 2 aromatic rings. The van der Waals surface area contributed by atoms with Gasteiger partial charge in [-0.25, -0.2) is 0 Å². The van der Waals surface area contributed by atoms with E-state index in [-0.39, 0.29) is 0 Å². The maximum absolute atomic E-state index is 10.2. The van der Waals surface area contributed by atoms with Crippen LogP contribution in [-0.4, -0.2) is 5.11 Å². The molecule has 0 saturated heterocycles. The topological polar surface area (TPSA) is 20.2 Å². The van der Waals surface area contributed by atoms with Crippen molar-refractivity contribution in [3.8, 4) is 0 Å². The molecule has 0 aliphatic carbocycles. The quantitative estimate of drug-likeness (QED) is 0.783. The van der Waals surface area contributed by atoms with Gasteiger partial charge in [-0.1, -0.05) is 23.7 Å². The molecule has 1 N–H and O–H groups in total. The van der Waals surface area contributed by atoms with Crippen molar-refractivity contribution >= 4 is 45.5 Å². The van der Waals surface area contributed by atoms with Crippen LogP contribution in [0, 0.1) is 10.5 Å². The van der Waals surface area contributed by atoms with Crippen LogP contribution in [0.2, 0.25) is 4.34 Å². The van der Waals surface area contributed by atoms with Crippen molar-refractivity contribution in [3.05, 3.63) is 54.2 Å². The first-order valence-electron chi connectivity index (χ1n) is 4.77. The average molecular weight is 365 g/mol. The lowest BCUT2D eigenvalue weighted by molar-refractivity contribution is 0.224. The molecule has 1 heterocycles. The smallest absolute Gasteiger partial charge is 0.113 e. The number of rotatable bonds is 2. The van der Waals surface area contributed by atoms with Crippen molar-refractivity contribution in [2.75, 3.05) is 0 Å². The number of halogens is 2. The Labute approximate surface area is 117 Å². The van der Waals surface area contributed by atoms with Crippen molar-refractivity contribution in [1.29, 1.82) is 0 Å². The highest BCUT2D eigenvalue weighted by Crippen LogP contribution is 2.34. The lowest BCUT2D eigenvalue weighted by Crippen LogP contribution is -1.96. The van der Waals surface area contributed by atoms with Gasteiger partial charge in [0.25, 0.3) is 0 Å². The van der Waals surface area contributed by atoms with Crippen molar-refractivity contribution in [2.45, 2.75) is 13.0 Å². The summed E-state index contributed by atoms with van der Waals surface area (Å²) in [7, 11) is 0. The maximum Gasteiger partial charge on any atom is 0.113 e. The average Bonchev–Trinajstić information content (AvgIpc) is 2.59. The zero-order valence-corrected chi connectivity index (χ0v) is 12.3. The van der Waals surface area contributed by atoms with Crippen LogP contribution in [0.15, 0.2) is 30.3 Å². The normalized spacial score (nSPS) is 12.8. The van der Waals surface area contributed by atoms with Crippen LogP contribution in [0.1, 0.15) is 22.1 Å². The first-order chi connectivity index (χ1) is 7.58. The molecule has 1 aromatic heterocycles. The van der Waals surface area contributed by atoms with E-state index in [0.717, 1.165) is 23.9 Å².